The minimum Gasteiger partial charge on any atom is -0.316 e. The van der Waals surface area contributed by atoms with Crippen LogP contribution in [0.4, 0.5) is 0 Å². The summed E-state index contributed by atoms with van der Waals surface area (Å²) in [5.41, 5.74) is 0. The third kappa shape index (κ3) is 4.75. The Morgan fingerprint density at radius 2 is 2.05 bits per heavy atom. The summed E-state index contributed by atoms with van der Waals surface area (Å²) in [7, 11) is 0. The van der Waals surface area contributed by atoms with Crippen LogP contribution in [0.1, 0.15) is 65.2 Å². The van der Waals surface area contributed by atoms with Crippen molar-refractivity contribution in [2.24, 2.45) is 11.8 Å². The first-order valence-electron chi connectivity index (χ1n) is 8.76. The van der Waals surface area contributed by atoms with Crippen LogP contribution in [0.25, 0.3) is 0 Å². The summed E-state index contributed by atoms with van der Waals surface area (Å²) < 4.78 is 0. The van der Waals surface area contributed by atoms with Crippen molar-refractivity contribution in [2.75, 3.05) is 26.2 Å². The van der Waals surface area contributed by atoms with E-state index in [1.54, 1.807) is 0 Å². The highest BCUT2D eigenvalue weighted by Crippen LogP contribution is 2.25. The number of piperidine rings is 1. The third-order valence-electron chi connectivity index (χ3n) is 5.48. The Kier molecular flexibility index (Phi) is 6.66. The first-order valence-corrected chi connectivity index (χ1v) is 8.76. The van der Waals surface area contributed by atoms with Gasteiger partial charge in [-0.25, -0.2) is 0 Å². The first-order chi connectivity index (χ1) is 9.31. The largest absolute Gasteiger partial charge is 0.316 e. The van der Waals surface area contributed by atoms with E-state index in [9.17, 15) is 0 Å². The number of nitrogens with one attached hydrogen (secondary N) is 1. The second kappa shape index (κ2) is 8.26. The van der Waals surface area contributed by atoms with Crippen LogP contribution in [-0.2, 0) is 0 Å². The Labute approximate surface area is 120 Å². The van der Waals surface area contributed by atoms with Crippen LogP contribution >= 0.6 is 0 Å². The smallest absolute Gasteiger partial charge is 0.00926 e. The average molecular weight is 266 g/mol. The Morgan fingerprint density at radius 3 is 2.79 bits per heavy atom. The summed E-state index contributed by atoms with van der Waals surface area (Å²) in [6.45, 7) is 10.1. The van der Waals surface area contributed by atoms with Crippen LogP contribution < -0.4 is 5.32 Å². The molecule has 19 heavy (non-hydrogen) atoms. The molecule has 0 amide bonds. The van der Waals surface area contributed by atoms with E-state index >= 15 is 0 Å². The van der Waals surface area contributed by atoms with E-state index in [1.807, 2.05) is 0 Å². The van der Waals surface area contributed by atoms with Crippen LogP contribution in [0.5, 0.6) is 0 Å². The van der Waals surface area contributed by atoms with Gasteiger partial charge in [-0.3, -0.25) is 0 Å². The fourth-order valence-electron chi connectivity index (χ4n) is 3.96. The van der Waals surface area contributed by atoms with Gasteiger partial charge < -0.3 is 10.2 Å². The highest BCUT2D eigenvalue weighted by Gasteiger charge is 2.23. The van der Waals surface area contributed by atoms with Crippen LogP contribution in [0, 0.1) is 11.8 Å². The fourth-order valence-corrected chi connectivity index (χ4v) is 3.96. The summed E-state index contributed by atoms with van der Waals surface area (Å²) in [5, 5.41) is 3.57. The van der Waals surface area contributed by atoms with Crippen molar-refractivity contribution in [3.8, 4) is 0 Å². The lowest BCUT2D eigenvalue weighted by molar-refractivity contribution is 0.165. The van der Waals surface area contributed by atoms with Gasteiger partial charge in [-0.05, 0) is 76.5 Å². The normalized spacial score (nSPS) is 31.9. The van der Waals surface area contributed by atoms with E-state index in [0.29, 0.717) is 0 Å². The summed E-state index contributed by atoms with van der Waals surface area (Å²) in [6, 6.07) is 0.874. The number of hydrogen-bond donors (Lipinski definition) is 1. The third-order valence-corrected chi connectivity index (χ3v) is 5.48. The van der Waals surface area contributed by atoms with Crippen LogP contribution in [0.15, 0.2) is 0 Å². The molecule has 0 aromatic rings. The molecule has 0 aliphatic carbocycles. The molecule has 2 saturated heterocycles. The molecule has 2 heteroatoms. The van der Waals surface area contributed by atoms with Crippen LogP contribution in [0.2, 0.25) is 0 Å². The van der Waals surface area contributed by atoms with Gasteiger partial charge in [-0.2, -0.15) is 0 Å². The molecule has 2 nitrogen and oxygen atoms in total. The molecule has 0 bridgehead atoms. The Balaban J connectivity index is 1.75. The lowest BCUT2D eigenvalue weighted by Crippen LogP contribution is -2.38. The van der Waals surface area contributed by atoms with Crippen LogP contribution in [-0.4, -0.2) is 37.1 Å². The van der Waals surface area contributed by atoms with Crippen molar-refractivity contribution in [1.82, 2.24) is 10.2 Å². The lowest BCUT2D eigenvalue weighted by Gasteiger charge is -2.33. The maximum atomic E-state index is 3.57. The standard InChI is InChI=1S/C17H34N2/c1-3-17-9-5-4-6-12-19(17)13-10-15(2)16-8-7-11-18-14-16/h15-18H,3-14H2,1-2H3. The summed E-state index contributed by atoms with van der Waals surface area (Å²) in [5.74, 6) is 1.83. The molecule has 2 rings (SSSR count). The molecule has 3 atom stereocenters. The number of likely N-dealkylation sites (tertiary alicyclic amines) is 1. The molecule has 2 aliphatic heterocycles. The molecule has 112 valence electrons. The maximum absolute atomic E-state index is 3.57. The lowest BCUT2D eigenvalue weighted by atomic mass is 9.85. The van der Waals surface area contributed by atoms with E-state index in [-0.39, 0.29) is 0 Å². The molecule has 1 N–H and O–H groups in total. The van der Waals surface area contributed by atoms with Gasteiger partial charge in [0.25, 0.3) is 0 Å². The Hall–Kier alpha value is -0.0800. The summed E-state index contributed by atoms with van der Waals surface area (Å²) in [4.78, 5) is 2.81. The van der Waals surface area contributed by atoms with Gasteiger partial charge in [-0.15, -0.1) is 0 Å². The molecule has 0 spiro atoms. The minimum absolute atomic E-state index is 0.874. The van der Waals surface area contributed by atoms with Crippen molar-refractivity contribution >= 4 is 0 Å². The van der Waals surface area contributed by atoms with Crippen molar-refractivity contribution in [2.45, 2.75) is 71.3 Å². The monoisotopic (exact) mass is 266 g/mol. The zero-order valence-corrected chi connectivity index (χ0v) is 13.2. The van der Waals surface area contributed by atoms with Gasteiger partial charge in [0.2, 0.25) is 0 Å². The van der Waals surface area contributed by atoms with Gasteiger partial charge in [0.05, 0.1) is 0 Å². The van der Waals surface area contributed by atoms with Crippen LogP contribution in [0.3, 0.4) is 0 Å². The van der Waals surface area contributed by atoms with Crippen molar-refractivity contribution in [3.63, 3.8) is 0 Å². The van der Waals surface area contributed by atoms with Crippen molar-refractivity contribution < 1.29 is 0 Å². The molecular formula is C17H34N2. The van der Waals surface area contributed by atoms with Gasteiger partial charge in [-0.1, -0.05) is 26.7 Å². The summed E-state index contributed by atoms with van der Waals surface area (Å²) >= 11 is 0. The predicted octanol–water partition coefficient (Wildman–Crippen LogP) is 3.67. The topological polar surface area (TPSA) is 15.3 Å². The zero-order chi connectivity index (χ0) is 13.5. The predicted molar refractivity (Wildman–Crippen MR) is 83.5 cm³/mol. The van der Waals surface area contributed by atoms with E-state index in [2.05, 4.69) is 24.1 Å². The van der Waals surface area contributed by atoms with E-state index in [1.165, 1.54) is 77.5 Å². The highest BCUT2D eigenvalue weighted by atomic mass is 15.1. The second-order valence-electron chi connectivity index (χ2n) is 6.82. The molecular weight excluding hydrogens is 232 g/mol. The quantitative estimate of drug-likeness (QED) is 0.817. The zero-order valence-electron chi connectivity index (χ0n) is 13.2. The molecule has 2 fully saturated rings. The molecule has 0 aromatic carbocycles. The molecule has 3 unspecified atom stereocenters. The van der Waals surface area contributed by atoms with Gasteiger partial charge >= 0.3 is 0 Å². The Morgan fingerprint density at radius 1 is 1.16 bits per heavy atom. The number of rotatable bonds is 5. The first kappa shape index (κ1) is 15.3. The van der Waals surface area contributed by atoms with E-state index in [0.717, 1.165) is 17.9 Å². The van der Waals surface area contributed by atoms with Crippen molar-refractivity contribution in [1.29, 1.82) is 0 Å². The van der Waals surface area contributed by atoms with Gasteiger partial charge in [0.1, 0.15) is 0 Å². The van der Waals surface area contributed by atoms with Gasteiger partial charge in [0.15, 0.2) is 0 Å². The SMILES string of the molecule is CCC1CCCCCN1CCC(C)C1CCCNC1. The Bertz CT molecular complexity index is 235. The highest BCUT2D eigenvalue weighted by molar-refractivity contribution is 4.78. The molecule has 2 heterocycles. The van der Waals surface area contributed by atoms with Crippen molar-refractivity contribution in [3.05, 3.63) is 0 Å². The second-order valence-corrected chi connectivity index (χ2v) is 6.82. The minimum atomic E-state index is 0.874. The number of nitrogens with zero attached hydrogens (tertiary/aromatic N) is 1. The molecule has 0 saturated carbocycles. The van der Waals surface area contributed by atoms with E-state index < -0.39 is 0 Å². The molecule has 0 radical (unpaired) electrons. The average Bonchev–Trinajstić information content (AvgIpc) is 2.70. The van der Waals surface area contributed by atoms with E-state index in [4.69, 9.17) is 0 Å². The summed E-state index contributed by atoms with van der Waals surface area (Å²) in [6.07, 6.45) is 11.4. The maximum Gasteiger partial charge on any atom is 0.00926 e. The molecule has 0 aromatic heterocycles. The molecule has 2 aliphatic rings. The number of hydrogen-bond acceptors (Lipinski definition) is 2. The fraction of sp³-hybridized carbons (Fsp3) is 1.00. The van der Waals surface area contributed by atoms with Gasteiger partial charge in [0, 0.05) is 6.04 Å².